The molecule has 19 heavy (non-hydrogen) atoms. The molecule has 3 nitrogen and oxygen atoms in total. The van der Waals surface area contributed by atoms with Crippen LogP contribution in [0.2, 0.25) is 0 Å². The quantitative estimate of drug-likeness (QED) is 0.802. The summed E-state index contributed by atoms with van der Waals surface area (Å²) in [4.78, 5) is 11.0. The van der Waals surface area contributed by atoms with Crippen LogP contribution in [0.1, 0.15) is 64.7 Å². The Morgan fingerprint density at radius 3 is 2.58 bits per heavy atom. The molecule has 2 rings (SSSR count). The summed E-state index contributed by atoms with van der Waals surface area (Å²) in [5, 5.41) is 12.7. The van der Waals surface area contributed by atoms with Crippen LogP contribution in [0.15, 0.2) is 0 Å². The summed E-state index contributed by atoms with van der Waals surface area (Å²) in [7, 11) is 0. The van der Waals surface area contributed by atoms with Crippen LogP contribution in [-0.4, -0.2) is 23.7 Å². The van der Waals surface area contributed by atoms with E-state index in [1.165, 1.54) is 32.1 Å². The van der Waals surface area contributed by atoms with Crippen molar-refractivity contribution in [1.82, 2.24) is 5.32 Å². The smallest absolute Gasteiger partial charge is 0.306 e. The van der Waals surface area contributed by atoms with Crippen molar-refractivity contribution in [3.8, 4) is 0 Å². The number of rotatable bonds is 5. The highest BCUT2D eigenvalue weighted by Crippen LogP contribution is 2.30. The highest BCUT2D eigenvalue weighted by Gasteiger charge is 2.26. The summed E-state index contributed by atoms with van der Waals surface area (Å²) in [5.74, 6) is 1.12. The second-order valence-electron chi connectivity index (χ2n) is 6.77. The lowest BCUT2D eigenvalue weighted by Crippen LogP contribution is -2.37. The Bertz CT molecular complexity index is 284. The molecule has 110 valence electrons. The van der Waals surface area contributed by atoms with E-state index in [-0.39, 0.29) is 5.92 Å². The zero-order chi connectivity index (χ0) is 13.7. The average Bonchev–Trinajstić information content (AvgIpc) is 2.41. The summed E-state index contributed by atoms with van der Waals surface area (Å²) in [6.07, 6.45) is 10.8. The monoisotopic (exact) mass is 267 g/mol. The van der Waals surface area contributed by atoms with E-state index in [0.717, 1.165) is 44.1 Å². The van der Waals surface area contributed by atoms with Gasteiger partial charge in [-0.2, -0.15) is 0 Å². The molecule has 3 heteroatoms. The summed E-state index contributed by atoms with van der Waals surface area (Å²) in [5.41, 5.74) is 0. The van der Waals surface area contributed by atoms with Crippen molar-refractivity contribution in [2.24, 2.45) is 17.8 Å². The van der Waals surface area contributed by atoms with Gasteiger partial charge in [0.15, 0.2) is 0 Å². The maximum Gasteiger partial charge on any atom is 0.306 e. The Balaban J connectivity index is 1.61. The van der Waals surface area contributed by atoms with Crippen molar-refractivity contribution in [2.45, 2.75) is 70.8 Å². The third-order valence-corrected chi connectivity index (χ3v) is 5.14. The van der Waals surface area contributed by atoms with Gasteiger partial charge in [-0.05, 0) is 44.1 Å². The van der Waals surface area contributed by atoms with Gasteiger partial charge in [0.1, 0.15) is 0 Å². The third kappa shape index (κ3) is 4.79. The number of nitrogens with one attached hydrogen (secondary N) is 1. The van der Waals surface area contributed by atoms with Gasteiger partial charge in [-0.15, -0.1) is 0 Å². The maximum atomic E-state index is 11.0. The minimum absolute atomic E-state index is 0.109. The predicted molar refractivity (Wildman–Crippen MR) is 77.1 cm³/mol. The average molecular weight is 267 g/mol. The molecule has 2 N–H and O–H groups in total. The summed E-state index contributed by atoms with van der Waals surface area (Å²) < 4.78 is 0. The standard InChI is InChI=1S/C16H29NO2/c1-12-5-7-13(8-6-12)9-10-17-15-4-2-3-14(11-15)16(18)19/h12-15,17H,2-11H2,1H3,(H,18,19). The molecule has 0 heterocycles. The van der Waals surface area contributed by atoms with Crippen LogP contribution >= 0.6 is 0 Å². The van der Waals surface area contributed by atoms with Gasteiger partial charge in [0.25, 0.3) is 0 Å². The van der Waals surface area contributed by atoms with Crippen LogP contribution < -0.4 is 5.32 Å². The fourth-order valence-electron chi connectivity index (χ4n) is 3.71. The van der Waals surface area contributed by atoms with E-state index in [4.69, 9.17) is 5.11 Å². The topological polar surface area (TPSA) is 49.3 Å². The van der Waals surface area contributed by atoms with Gasteiger partial charge in [0, 0.05) is 6.04 Å². The Hall–Kier alpha value is -0.570. The minimum atomic E-state index is -0.604. The molecule has 0 bridgehead atoms. The first-order valence-electron chi connectivity index (χ1n) is 8.11. The van der Waals surface area contributed by atoms with E-state index >= 15 is 0 Å². The zero-order valence-corrected chi connectivity index (χ0v) is 12.2. The highest BCUT2D eigenvalue weighted by atomic mass is 16.4. The number of aliphatic carboxylic acids is 1. The van der Waals surface area contributed by atoms with E-state index in [1.54, 1.807) is 0 Å². The lowest BCUT2D eigenvalue weighted by molar-refractivity contribution is -0.143. The molecule has 2 atom stereocenters. The van der Waals surface area contributed by atoms with E-state index < -0.39 is 5.97 Å². The fourth-order valence-corrected chi connectivity index (χ4v) is 3.71. The highest BCUT2D eigenvalue weighted by molar-refractivity contribution is 5.70. The molecule has 0 saturated heterocycles. The first kappa shape index (κ1) is 14.8. The molecular formula is C16H29NO2. The molecule has 0 spiro atoms. The summed E-state index contributed by atoms with van der Waals surface area (Å²) >= 11 is 0. The van der Waals surface area contributed by atoms with Gasteiger partial charge in [-0.3, -0.25) is 4.79 Å². The molecule has 0 amide bonds. The van der Waals surface area contributed by atoms with Crippen molar-refractivity contribution < 1.29 is 9.90 Å². The zero-order valence-electron chi connectivity index (χ0n) is 12.2. The van der Waals surface area contributed by atoms with Gasteiger partial charge >= 0.3 is 5.97 Å². The second kappa shape index (κ2) is 7.28. The molecule has 2 aliphatic carbocycles. The number of hydrogen-bond acceptors (Lipinski definition) is 2. The molecule has 0 aliphatic heterocycles. The second-order valence-corrected chi connectivity index (χ2v) is 6.77. The molecule has 2 unspecified atom stereocenters. The summed E-state index contributed by atoms with van der Waals surface area (Å²) in [6, 6.07) is 0.442. The molecule has 2 saturated carbocycles. The van der Waals surface area contributed by atoms with E-state index in [9.17, 15) is 4.79 Å². The minimum Gasteiger partial charge on any atom is -0.481 e. The Morgan fingerprint density at radius 2 is 1.89 bits per heavy atom. The number of hydrogen-bond donors (Lipinski definition) is 2. The van der Waals surface area contributed by atoms with Gasteiger partial charge in [-0.1, -0.05) is 39.0 Å². The molecule has 0 aromatic rings. The molecule has 2 fully saturated rings. The van der Waals surface area contributed by atoms with Gasteiger partial charge < -0.3 is 10.4 Å². The van der Waals surface area contributed by atoms with E-state index in [0.29, 0.717) is 6.04 Å². The number of carboxylic acid groups (broad SMARTS) is 1. The van der Waals surface area contributed by atoms with Crippen LogP contribution in [-0.2, 0) is 4.79 Å². The van der Waals surface area contributed by atoms with Crippen LogP contribution in [0.4, 0.5) is 0 Å². The normalized spacial score (nSPS) is 36.1. The van der Waals surface area contributed by atoms with E-state index in [2.05, 4.69) is 12.2 Å². The molecule has 2 aliphatic rings. The Kier molecular flexibility index (Phi) is 5.68. The van der Waals surface area contributed by atoms with Crippen molar-refractivity contribution in [3.63, 3.8) is 0 Å². The van der Waals surface area contributed by atoms with Crippen molar-refractivity contribution in [2.75, 3.05) is 6.54 Å². The van der Waals surface area contributed by atoms with Crippen molar-refractivity contribution in [3.05, 3.63) is 0 Å². The van der Waals surface area contributed by atoms with Crippen molar-refractivity contribution >= 4 is 5.97 Å². The molecular weight excluding hydrogens is 238 g/mol. The Morgan fingerprint density at radius 1 is 1.16 bits per heavy atom. The third-order valence-electron chi connectivity index (χ3n) is 5.14. The summed E-state index contributed by atoms with van der Waals surface area (Å²) in [6.45, 7) is 3.44. The maximum absolute atomic E-state index is 11.0. The first-order chi connectivity index (χ1) is 9.15. The lowest BCUT2D eigenvalue weighted by atomic mass is 9.81. The van der Waals surface area contributed by atoms with Crippen LogP contribution in [0.3, 0.4) is 0 Å². The number of carboxylic acids is 1. The van der Waals surface area contributed by atoms with Gasteiger partial charge in [-0.25, -0.2) is 0 Å². The Labute approximate surface area is 117 Å². The van der Waals surface area contributed by atoms with Crippen LogP contribution in [0.25, 0.3) is 0 Å². The largest absolute Gasteiger partial charge is 0.481 e. The first-order valence-corrected chi connectivity index (χ1v) is 8.11. The van der Waals surface area contributed by atoms with E-state index in [1.807, 2.05) is 0 Å². The van der Waals surface area contributed by atoms with Gasteiger partial charge in [0.2, 0.25) is 0 Å². The van der Waals surface area contributed by atoms with Crippen LogP contribution in [0.5, 0.6) is 0 Å². The molecule has 0 aromatic heterocycles. The number of carbonyl (C=O) groups is 1. The van der Waals surface area contributed by atoms with Crippen LogP contribution in [0, 0.1) is 17.8 Å². The SMILES string of the molecule is CC1CCC(CCNC2CCCC(C(=O)O)C2)CC1. The molecule has 0 aromatic carbocycles. The molecule has 0 radical (unpaired) electrons. The van der Waals surface area contributed by atoms with Gasteiger partial charge in [0.05, 0.1) is 5.92 Å². The lowest BCUT2D eigenvalue weighted by Gasteiger charge is -2.29. The fraction of sp³-hybridized carbons (Fsp3) is 0.938. The predicted octanol–water partition coefficient (Wildman–Crippen LogP) is 3.44. The van der Waals surface area contributed by atoms with Crippen molar-refractivity contribution in [1.29, 1.82) is 0 Å².